The molecule has 0 saturated heterocycles. The summed E-state index contributed by atoms with van der Waals surface area (Å²) in [6, 6.07) is 9.37. The number of carbonyl (C=O) groups excluding carboxylic acids is 1. The quantitative estimate of drug-likeness (QED) is 0.762. The van der Waals surface area contributed by atoms with Gasteiger partial charge in [-0.3, -0.25) is 4.79 Å². The summed E-state index contributed by atoms with van der Waals surface area (Å²) in [6.07, 6.45) is 1.56. The summed E-state index contributed by atoms with van der Waals surface area (Å²) in [6.45, 7) is 5.69. The van der Waals surface area contributed by atoms with E-state index in [9.17, 15) is 14.9 Å². The molecule has 0 N–H and O–H groups in total. The second-order valence-electron chi connectivity index (χ2n) is 5.90. The van der Waals surface area contributed by atoms with E-state index in [1.807, 2.05) is 13.8 Å². The number of nitrogens with zero attached hydrogens (tertiary/aromatic N) is 2. The molecule has 0 aliphatic heterocycles. The molecule has 0 unspecified atom stereocenters. The summed E-state index contributed by atoms with van der Waals surface area (Å²) in [5.74, 6) is -0.545. The van der Waals surface area contributed by atoms with Crippen LogP contribution in [0.25, 0.3) is 11.1 Å². The Morgan fingerprint density at radius 3 is 2.60 bits per heavy atom. The van der Waals surface area contributed by atoms with Crippen molar-refractivity contribution >= 4 is 17.6 Å². The third-order valence-corrected chi connectivity index (χ3v) is 4.06. The number of rotatable bonds is 5. The summed E-state index contributed by atoms with van der Waals surface area (Å²) in [5.41, 5.74) is 1.24. The number of nitriles is 1. The molecule has 0 saturated carbocycles. The number of ether oxygens (including phenoxy) is 1. The monoisotopic (exact) mass is 358 g/mol. The van der Waals surface area contributed by atoms with Crippen LogP contribution in [0, 0.1) is 17.2 Å². The number of hydrogen-bond acceptors (Lipinski definition) is 4. The van der Waals surface area contributed by atoms with Crippen LogP contribution in [0.2, 0.25) is 5.02 Å². The molecule has 1 aromatic carbocycles. The molecule has 6 heteroatoms. The van der Waals surface area contributed by atoms with E-state index in [0.717, 1.165) is 0 Å². The molecule has 2 rings (SSSR count). The lowest BCUT2D eigenvalue weighted by Gasteiger charge is -2.21. The van der Waals surface area contributed by atoms with Gasteiger partial charge in [-0.2, -0.15) is 5.26 Å². The average molecular weight is 359 g/mol. The largest absolute Gasteiger partial charge is 0.464 e. The van der Waals surface area contributed by atoms with Gasteiger partial charge in [-0.15, -0.1) is 0 Å². The predicted octanol–water partition coefficient (Wildman–Crippen LogP) is 3.80. The van der Waals surface area contributed by atoms with Crippen molar-refractivity contribution in [1.29, 1.82) is 5.26 Å². The number of hydrogen-bond donors (Lipinski definition) is 0. The van der Waals surface area contributed by atoms with Crippen molar-refractivity contribution in [3.05, 3.63) is 57.5 Å². The summed E-state index contributed by atoms with van der Waals surface area (Å²) >= 11 is 6.01. The molecule has 0 spiro atoms. The fraction of sp³-hybridized carbons (Fsp3) is 0.316. The molecule has 0 radical (unpaired) electrons. The molecular formula is C19H19ClN2O3. The van der Waals surface area contributed by atoms with Gasteiger partial charge in [0.1, 0.15) is 6.04 Å². The molecule has 0 amide bonds. The number of benzene rings is 1. The number of esters is 1. The Balaban J connectivity index is 2.52. The fourth-order valence-corrected chi connectivity index (χ4v) is 2.85. The van der Waals surface area contributed by atoms with Crippen molar-refractivity contribution in [3.8, 4) is 17.2 Å². The van der Waals surface area contributed by atoms with E-state index in [4.69, 9.17) is 16.3 Å². The van der Waals surface area contributed by atoms with Gasteiger partial charge in [-0.25, -0.2) is 4.79 Å². The van der Waals surface area contributed by atoms with E-state index >= 15 is 0 Å². The van der Waals surface area contributed by atoms with E-state index < -0.39 is 12.0 Å². The molecule has 0 bridgehead atoms. The Bertz CT molecular complexity index is 881. The Morgan fingerprint density at radius 1 is 1.32 bits per heavy atom. The summed E-state index contributed by atoms with van der Waals surface area (Å²) < 4.78 is 6.45. The lowest BCUT2D eigenvalue weighted by atomic mass is 10.0. The summed E-state index contributed by atoms with van der Waals surface area (Å²) in [5, 5.41) is 9.73. The molecule has 0 fully saturated rings. The highest BCUT2D eigenvalue weighted by Crippen LogP contribution is 2.26. The van der Waals surface area contributed by atoms with Gasteiger partial charge in [0.2, 0.25) is 0 Å². The molecular weight excluding hydrogens is 340 g/mol. The summed E-state index contributed by atoms with van der Waals surface area (Å²) in [7, 11) is 0. The van der Waals surface area contributed by atoms with Crippen LogP contribution >= 0.6 is 11.6 Å². The molecule has 0 aliphatic carbocycles. The molecule has 1 atom stereocenters. The van der Waals surface area contributed by atoms with E-state index in [-0.39, 0.29) is 18.1 Å². The number of halogens is 1. The van der Waals surface area contributed by atoms with Crippen LogP contribution in [0.15, 0.2) is 41.3 Å². The highest BCUT2D eigenvalue weighted by atomic mass is 35.5. The third-order valence-electron chi connectivity index (χ3n) is 3.82. The Kier molecular flexibility index (Phi) is 6.00. The predicted molar refractivity (Wildman–Crippen MR) is 96.4 cm³/mol. The SMILES string of the molecule is CCOC(=O)[C@@H](C(C)C)n1ccc(-c2cc(Cl)ccc2C#N)cc1=O. The van der Waals surface area contributed by atoms with E-state index in [0.29, 0.717) is 21.7 Å². The maximum Gasteiger partial charge on any atom is 0.329 e. The van der Waals surface area contributed by atoms with Gasteiger partial charge in [0, 0.05) is 22.8 Å². The summed E-state index contributed by atoms with van der Waals surface area (Å²) in [4.78, 5) is 24.8. The van der Waals surface area contributed by atoms with Crippen molar-refractivity contribution in [3.63, 3.8) is 0 Å². The minimum absolute atomic E-state index is 0.108. The van der Waals surface area contributed by atoms with Crippen LogP contribution in [0.1, 0.15) is 32.4 Å². The zero-order chi connectivity index (χ0) is 18.6. The van der Waals surface area contributed by atoms with Crippen molar-refractivity contribution in [1.82, 2.24) is 4.57 Å². The molecule has 2 aromatic rings. The second kappa shape index (κ2) is 8.00. The number of carbonyl (C=O) groups is 1. The van der Waals surface area contributed by atoms with Crippen LogP contribution in [-0.4, -0.2) is 17.1 Å². The Labute approximate surface area is 151 Å². The van der Waals surface area contributed by atoms with Gasteiger partial charge >= 0.3 is 5.97 Å². The normalized spacial score (nSPS) is 11.8. The van der Waals surface area contributed by atoms with Crippen molar-refractivity contribution in [2.75, 3.05) is 6.61 Å². The molecule has 5 nitrogen and oxygen atoms in total. The second-order valence-corrected chi connectivity index (χ2v) is 6.34. The number of aromatic nitrogens is 1. The fourth-order valence-electron chi connectivity index (χ4n) is 2.67. The molecule has 130 valence electrons. The topological polar surface area (TPSA) is 72.1 Å². The first-order valence-corrected chi connectivity index (χ1v) is 8.35. The van der Waals surface area contributed by atoms with Gasteiger partial charge in [-0.1, -0.05) is 25.4 Å². The highest BCUT2D eigenvalue weighted by Gasteiger charge is 2.26. The highest BCUT2D eigenvalue weighted by molar-refractivity contribution is 6.30. The third kappa shape index (κ3) is 4.09. The molecule has 1 aromatic heterocycles. The van der Waals surface area contributed by atoms with Gasteiger partial charge in [0.25, 0.3) is 5.56 Å². The van der Waals surface area contributed by atoms with Gasteiger partial charge in [0.15, 0.2) is 0 Å². The standard InChI is InChI=1S/C19H19ClN2O3/c1-4-25-19(24)18(12(2)3)22-8-7-13(9-17(22)23)16-10-15(20)6-5-14(16)11-21/h5-10,12,18H,4H2,1-3H3/t18-/m1/s1. The Morgan fingerprint density at radius 2 is 2.04 bits per heavy atom. The lowest BCUT2D eigenvalue weighted by Crippen LogP contribution is -2.33. The van der Waals surface area contributed by atoms with Gasteiger partial charge < -0.3 is 9.30 Å². The smallest absolute Gasteiger partial charge is 0.329 e. The van der Waals surface area contributed by atoms with Gasteiger partial charge in [-0.05, 0) is 42.7 Å². The van der Waals surface area contributed by atoms with Crippen LogP contribution in [0.3, 0.4) is 0 Å². The van der Waals surface area contributed by atoms with Crippen LogP contribution in [-0.2, 0) is 9.53 Å². The molecule has 0 aliphatic rings. The zero-order valence-electron chi connectivity index (χ0n) is 14.3. The maximum absolute atomic E-state index is 12.6. The van der Waals surface area contributed by atoms with Crippen LogP contribution in [0.5, 0.6) is 0 Å². The Hall–Kier alpha value is -2.58. The van der Waals surface area contributed by atoms with Gasteiger partial charge in [0.05, 0.1) is 18.2 Å². The van der Waals surface area contributed by atoms with Crippen molar-refractivity contribution in [2.24, 2.45) is 5.92 Å². The maximum atomic E-state index is 12.6. The van der Waals surface area contributed by atoms with E-state index in [2.05, 4.69) is 6.07 Å². The number of pyridine rings is 1. The lowest BCUT2D eigenvalue weighted by molar-refractivity contribution is -0.148. The molecule has 25 heavy (non-hydrogen) atoms. The van der Waals surface area contributed by atoms with E-state index in [1.165, 1.54) is 10.6 Å². The molecule has 1 heterocycles. The van der Waals surface area contributed by atoms with Crippen LogP contribution in [0.4, 0.5) is 0 Å². The minimum Gasteiger partial charge on any atom is -0.464 e. The van der Waals surface area contributed by atoms with E-state index in [1.54, 1.807) is 37.4 Å². The first-order valence-electron chi connectivity index (χ1n) is 7.97. The van der Waals surface area contributed by atoms with Crippen LogP contribution < -0.4 is 5.56 Å². The first kappa shape index (κ1) is 18.8. The zero-order valence-corrected chi connectivity index (χ0v) is 15.1. The minimum atomic E-state index is -0.698. The van der Waals surface area contributed by atoms with Crippen molar-refractivity contribution in [2.45, 2.75) is 26.8 Å². The average Bonchev–Trinajstić information content (AvgIpc) is 2.56. The first-order chi connectivity index (χ1) is 11.9. The van der Waals surface area contributed by atoms with Crippen molar-refractivity contribution < 1.29 is 9.53 Å².